The predicted molar refractivity (Wildman–Crippen MR) is 118 cm³/mol. The zero-order valence-corrected chi connectivity index (χ0v) is 18.0. The minimum absolute atomic E-state index is 0.0494. The fourth-order valence-corrected chi connectivity index (χ4v) is 3.81. The van der Waals surface area contributed by atoms with Crippen LogP contribution in [0.3, 0.4) is 0 Å². The van der Waals surface area contributed by atoms with E-state index in [1.54, 1.807) is 48.5 Å². The average Bonchev–Trinajstić information content (AvgIpc) is 3.47. The Bertz CT molecular complexity index is 1240. The number of aromatic nitrogens is 2. The summed E-state index contributed by atoms with van der Waals surface area (Å²) in [6.07, 6.45) is 0.268. The van der Waals surface area contributed by atoms with Gasteiger partial charge in [0, 0.05) is 28.3 Å². The largest absolute Gasteiger partial charge is 0.339 e. The predicted octanol–water partition coefficient (Wildman–Crippen LogP) is 4.65. The first-order valence-corrected chi connectivity index (χ1v) is 10.7. The van der Waals surface area contributed by atoms with E-state index in [9.17, 15) is 14.0 Å². The van der Waals surface area contributed by atoms with Gasteiger partial charge in [-0.2, -0.15) is 4.98 Å². The van der Waals surface area contributed by atoms with Gasteiger partial charge in [-0.05, 0) is 54.1 Å². The van der Waals surface area contributed by atoms with E-state index in [1.165, 1.54) is 23.5 Å². The number of rotatable bonds is 6. The molecule has 7 nitrogen and oxygen atoms in total. The summed E-state index contributed by atoms with van der Waals surface area (Å²) < 4.78 is 18.2. The summed E-state index contributed by atoms with van der Waals surface area (Å²) in [6.45, 7) is 0. The van der Waals surface area contributed by atoms with Crippen LogP contribution in [0, 0.1) is 5.82 Å². The highest BCUT2D eigenvalue weighted by Crippen LogP contribution is 2.28. The van der Waals surface area contributed by atoms with Crippen molar-refractivity contribution in [3.63, 3.8) is 0 Å². The molecule has 0 spiro atoms. The summed E-state index contributed by atoms with van der Waals surface area (Å²) in [4.78, 5) is 29.8. The number of thiophene rings is 1. The molecule has 0 atom stereocenters. The van der Waals surface area contributed by atoms with Crippen molar-refractivity contribution >= 4 is 34.8 Å². The van der Waals surface area contributed by atoms with Gasteiger partial charge in [-0.15, -0.1) is 11.3 Å². The number of amides is 2. The molecule has 2 amide bonds. The van der Waals surface area contributed by atoms with Crippen molar-refractivity contribution in [1.29, 1.82) is 0 Å². The summed E-state index contributed by atoms with van der Waals surface area (Å²) in [5, 5.41) is 4.49. The molecule has 10 heteroatoms. The van der Waals surface area contributed by atoms with Crippen LogP contribution in [0.4, 0.5) is 4.39 Å². The number of nitrogens with one attached hydrogen (secondary N) is 2. The number of carbonyl (C=O) groups is 2. The zero-order chi connectivity index (χ0) is 22.5. The van der Waals surface area contributed by atoms with Crippen LogP contribution in [-0.2, 0) is 11.2 Å². The van der Waals surface area contributed by atoms with Gasteiger partial charge in [-0.1, -0.05) is 28.9 Å². The number of hydrazine groups is 1. The molecule has 0 aliphatic heterocycles. The lowest BCUT2D eigenvalue weighted by molar-refractivity contribution is -0.121. The number of benzene rings is 2. The van der Waals surface area contributed by atoms with Crippen molar-refractivity contribution in [2.75, 3.05) is 0 Å². The van der Waals surface area contributed by atoms with E-state index in [-0.39, 0.29) is 18.7 Å². The molecule has 0 bridgehead atoms. The van der Waals surface area contributed by atoms with E-state index in [2.05, 4.69) is 21.0 Å². The molecule has 2 heterocycles. The fourth-order valence-electron chi connectivity index (χ4n) is 2.77. The quantitative estimate of drug-likeness (QED) is 0.400. The van der Waals surface area contributed by atoms with Gasteiger partial charge in [-0.3, -0.25) is 20.4 Å². The zero-order valence-electron chi connectivity index (χ0n) is 16.5. The maximum atomic E-state index is 13.1. The molecule has 0 saturated carbocycles. The topological polar surface area (TPSA) is 97.1 Å². The highest BCUT2D eigenvalue weighted by Gasteiger charge is 2.13. The van der Waals surface area contributed by atoms with Gasteiger partial charge in [0.2, 0.25) is 17.6 Å². The third kappa shape index (κ3) is 5.37. The first-order chi connectivity index (χ1) is 15.5. The molecule has 2 aromatic heterocycles. The number of hydrogen-bond donors (Lipinski definition) is 2. The van der Waals surface area contributed by atoms with Crippen LogP contribution in [0.1, 0.15) is 22.0 Å². The molecular formula is C22H16ClFN4O3S. The van der Waals surface area contributed by atoms with Crippen LogP contribution < -0.4 is 10.9 Å². The SMILES string of the molecule is O=C(CCc1nc(-c2ccc(Cl)cc2)no1)NNC(=O)c1ccc(-c2ccc(F)cc2)s1. The molecule has 32 heavy (non-hydrogen) atoms. The fraction of sp³-hybridized carbons (Fsp3) is 0.0909. The number of carbonyl (C=O) groups excluding carboxylic acids is 2. The first-order valence-electron chi connectivity index (χ1n) is 9.51. The maximum Gasteiger partial charge on any atom is 0.279 e. The number of nitrogens with zero attached hydrogens (tertiary/aromatic N) is 2. The first kappa shape index (κ1) is 21.7. The highest BCUT2D eigenvalue weighted by molar-refractivity contribution is 7.17. The molecule has 0 fully saturated rings. The van der Waals surface area contributed by atoms with Gasteiger partial charge in [0.05, 0.1) is 4.88 Å². The molecule has 4 rings (SSSR count). The van der Waals surface area contributed by atoms with E-state index in [0.29, 0.717) is 21.6 Å². The maximum absolute atomic E-state index is 13.1. The van der Waals surface area contributed by atoms with Crippen LogP contribution in [0.2, 0.25) is 5.02 Å². The number of aryl methyl sites for hydroxylation is 1. The smallest absolute Gasteiger partial charge is 0.279 e. The third-order valence-electron chi connectivity index (χ3n) is 4.41. The van der Waals surface area contributed by atoms with Crippen molar-refractivity contribution in [3.8, 4) is 21.8 Å². The van der Waals surface area contributed by atoms with E-state index in [0.717, 1.165) is 16.0 Å². The molecule has 2 N–H and O–H groups in total. The Balaban J connectivity index is 1.26. The lowest BCUT2D eigenvalue weighted by Gasteiger charge is -2.05. The number of halogens is 2. The molecule has 4 aromatic rings. The van der Waals surface area contributed by atoms with Crippen molar-refractivity contribution < 1.29 is 18.5 Å². The van der Waals surface area contributed by atoms with Crippen molar-refractivity contribution in [2.24, 2.45) is 0 Å². The minimum atomic E-state index is -0.445. The van der Waals surface area contributed by atoms with Crippen molar-refractivity contribution in [1.82, 2.24) is 21.0 Å². The Morgan fingerprint density at radius 3 is 2.44 bits per heavy atom. The summed E-state index contributed by atoms with van der Waals surface area (Å²) in [6, 6.07) is 16.4. The highest BCUT2D eigenvalue weighted by atomic mass is 35.5. The van der Waals surface area contributed by atoms with Crippen LogP contribution >= 0.6 is 22.9 Å². The van der Waals surface area contributed by atoms with Crippen molar-refractivity contribution in [3.05, 3.63) is 82.3 Å². The Morgan fingerprint density at radius 1 is 0.969 bits per heavy atom. The van der Waals surface area contributed by atoms with Gasteiger partial charge in [0.25, 0.3) is 5.91 Å². The third-order valence-corrected chi connectivity index (χ3v) is 5.80. The van der Waals surface area contributed by atoms with Gasteiger partial charge in [0.15, 0.2) is 0 Å². The monoisotopic (exact) mass is 470 g/mol. The molecule has 0 aliphatic carbocycles. The Hall–Kier alpha value is -3.56. The number of hydrogen-bond acceptors (Lipinski definition) is 6. The average molecular weight is 471 g/mol. The summed E-state index contributed by atoms with van der Waals surface area (Å²) >= 11 is 7.10. The normalized spacial score (nSPS) is 10.7. The second kappa shape index (κ2) is 9.71. The van der Waals surface area contributed by atoms with Gasteiger partial charge < -0.3 is 4.52 Å². The molecule has 162 valence electrons. The van der Waals surface area contributed by atoms with Crippen LogP contribution in [0.15, 0.2) is 65.2 Å². The molecular weight excluding hydrogens is 455 g/mol. The van der Waals surface area contributed by atoms with E-state index in [1.807, 2.05) is 0 Å². The Kier molecular flexibility index (Phi) is 6.58. The van der Waals surface area contributed by atoms with E-state index < -0.39 is 11.8 Å². The second-order valence-electron chi connectivity index (χ2n) is 6.69. The summed E-state index contributed by atoms with van der Waals surface area (Å²) in [5.41, 5.74) is 6.29. The van der Waals surface area contributed by atoms with E-state index >= 15 is 0 Å². The van der Waals surface area contributed by atoms with Gasteiger partial charge in [-0.25, -0.2) is 4.39 Å². The van der Waals surface area contributed by atoms with Crippen LogP contribution in [0.5, 0.6) is 0 Å². The second-order valence-corrected chi connectivity index (χ2v) is 8.21. The summed E-state index contributed by atoms with van der Waals surface area (Å²) in [5.74, 6) is -0.467. The lowest BCUT2D eigenvalue weighted by atomic mass is 10.2. The van der Waals surface area contributed by atoms with Gasteiger partial charge in [0.1, 0.15) is 5.82 Å². The molecule has 0 saturated heterocycles. The Morgan fingerprint density at radius 2 is 1.69 bits per heavy atom. The minimum Gasteiger partial charge on any atom is -0.339 e. The Labute approximate surface area is 191 Å². The lowest BCUT2D eigenvalue weighted by Crippen LogP contribution is -2.41. The van der Waals surface area contributed by atoms with Crippen LogP contribution in [-0.4, -0.2) is 22.0 Å². The molecule has 2 aromatic carbocycles. The standard InChI is InChI=1S/C22H16ClFN4O3S/c23-15-5-1-14(2-6-15)21-25-20(31-28-21)12-11-19(29)26-27-22(30)18-10-9-17(32-18)13-3-7-16(24)8-4-13/h1-10H,11-12H2,(H,26,29)(H,27,30). The van der Waals surface area contributed by atoms with E-state index in [4.69, 9.17) is 16.1 Å². The molecule has 0 radical (unpaired) electrons. The molecule has 0 aliphatic rings. The van der Waals surface area contributed by atoms with Gasteiger partial charge >= 0.3 is 0 Å². The van der Waals surface area contributed by atoms with Crippen molar-refractivity contribution in [2.45, 2.75) is 12.8 Å². The molecule has 0 unspecified atom stereocenters. The van der Waals surface area contributed by atoms with Crippen LogP contribution in [0.25, 0.3) is 21.8 Å². The summed E-state index contributed by atoms with van der Waals surface area (Å²) in [7, 11) is 0.